The highest BCUT2D eigenvalue weighted by atomic mass is 127. The molecule has 1 rings (SSSR count). The van der Waals surface area contributed by atoms with Crippen molar-refractivity contribution in [1.82, 2.24) is 15.5 Å². The zero-order valence-electron chi connectivity index (χ0n) is 16.3. The summed E-state index contributed by atoms with van der Waals surface area (Å²) in [7, 11) is 3.49. The first-order valence-corrected chi connectivity index (χ1v) is 8.65. The van der Waals surface area contributed by atoms with Crippen LogP contribution in [0.1, 0.15) is 44.2 Å². The van der Waals surface area contributed by atoms with Gasteiger partial charge in [-0.3, -0.25) is 4.79 Å². The van der Waals surface area contributed by atoms with Crippen LogP contribution in [0.3, 0.4) is 0 Å². The highest BCUT2D eigenvalue weighted by Crippen LogP contribution is 2.14. The molecule has 1 amide bonds. The Morgan fingerprint density at radius 3 is 2.32 bits per heavy atom. The van der Waals surface area contributed by atoms with Crippen molar-refractivity contribution in [2.45, 2.75) is 46.1 Å². The Hall–Kier alpha value is -1.31. The van der Waals surface area contributed by atoms with E-state index in [2.05, 4.69) is 67.6 Å². The van der Waals surface area contributed by atoms with Crippen molar-refractivity contribution in [3.05, 3.63) is 35.4 Å². The minimum Gasteiger partial charge on any atom is -0.356 e. The van der Waals surface area contributed by atoms with Crippen LogP contribution in [-0.4, -0.2) is 50.0 Å². The summed E-state index contributed by atoms with van der Waals surface area (Å²) in [6.45, 7) is 9.42. The van der Waals surface area contributed by atoms with Crippen LogP contribution in [0, 0.1) is 6.92 Å². The summed E-state index contributed by atoms with van der Waals surface area (Å²) in [6.07, 6.45) is 0.996. The normalized spacial score (nSPS) is 13.4. The molecule has 1 aromatic rings. The average molecular weight is 460 g/mol. The van der Waals surface area contributed by atoms with E-state index in [1.165, 1.54) is 11.1 Å². The monoisotopic (exact) mass is 460 g/mol. The van der Waals surface area contributed by atoms with Crippen LogP contribution in [0.15, 0.2) is 29.3 Å². The van der Waals surface area contributed by atoms with Crippen LogP contribution < -0.4 is 10.6 Å². The number of likely N-dealkylation sites (N-methyl/N-ethyl adjacent to an activating group) is 1. The van der Waals surface area contributed by atoms with E-state index in [0.717, 1.165) is 13.0 Å². The summed E-state index contributed by atoms with van der Waals surface area (Å²) in [6, 6.07) is 8.90. The molecule has 0 spiro atoms. The number of halogens is 1. The fraction of sp³-hybridized carbons (Fsp3) is 0.579. The fourth-order valence-electron chi connectivity index (χ4n) is 2.04. The van der Waals surface area contributed by atoms with Crippen molar-refractivity contribution in [2.75, 3.05) is 27.2 Å². The van der Waals surface area contributed by atoms with Crippen molar-refractivity contribution >= 4 is 35.8 Å². The van der Waals surface area contributed by atoms with Crippen molar-refractivity contribution < 1.29 is 4.79 Å². The lowest BCUT2D eigenvalue weighted by atomic mass is 10.0. The Bertz CT molecular complexity index is 543. The Labute approximate surface area is 169 Å². The number of nitrogens with zero attached hydrogens (tertiary/aromatic N) is 2. The molecule has 1 aromatic carbocycles. The molecule has 25 heavy (non-hydrogen) atoms. The van der Waals surface area contributed by atoms with Crippen LogP contribution in [0.25, 0.3) is 0 Å². The van der Waals surface area contributed by atoms with Crippen molar-refractivity contribution in [1.29, 1.82) is 0 Å². The zero-order chi connectivity index (χ0) is 18.1. The van der Waals surface area contributed by atoms with Gasteiger partial charge in [-0.05, 0) is 31.7 Å². The van der Waals surface area contributed by atoms with Gasteiger partial charge in [0.25, 0.3) is 0 Å². The van der Waals surface area contributed by atoms with Crippen molar-refractivity contribution in [3.8, 4) is 0 Å². The number of guanidine groups is 1. The molecule has 0 aliphatic rings. The molecular weight excluding hydrogens is 427 g/mol. The van der Waals surface area contributed by atoms with Gasteiger partial charge in [-0.15, -0.1) is 24.0 Å². The summed E-state index contributed by atoms with van der Waals surface area (Å²) < 4.78 is 0. The number of nitrogens with one attached hydrogen (secondary N) is 2. The predicted octanol–water partition coefficient (Wildman–Crippen LogP) is 3.14. The van der Waals surface area contributed by atoms with E-state index in [0.29, 0.717) is 17.9 Å². The summed E-state index contributed by atoms with van der Waals surface area (Å²) in [5.41, 5.74) is 2.56. The molecule has 0 radical (unpaired) electrons. The first-order valence-electron chi connectivity index (χ1n) is 8.65. The number of hydrogen-bond donors (Lipinski definition) is 2. The quantitative estimate of drug-likeness (QED) is 0.374. The van der Waals surface area contributed by atoms with Crippen LogP contribution in [0.2, 0.25) is 0 Å². The smallest absolute Gasteiger partial charge is 0.243 e. The summed E-state index contributed by atoms with van der Waals surface area (Å²) in [5.74, 6) is 1.05. The van der Waals surface area contributed by atoms with Gasteiger partial charge in [-0.1, -0.05) is 43.7 Å². The van der Waals surface area contributed by atoms with Gasteiger partial charge in [-0.2, -0.15) is 0 Å². The Balaban J connectivity index is 0.00000576. The molecular formula is C19H33IN4O. The maximum Gasteiger partial charge on any atom is 0.243 e. The molecule has 0 saturated heterocycles. The Morgan fingerprint density at radius 1 is 1.20 bits per heavy atom. The average Bonchev–Trinajstić information content (AvgIpc) is 2.56. The topological polar surface area (TPSA) is 56.7 Å². The van der Waals surface area contributed by atoms with E-state index in [4.69, 9.17) is 0 Å². The van der Waals surface area contributed by atoms with Gasteiger partial charge >= 0.3 is 0 Å². The van der Waals surface area contributed by atoms with E-state index in [1.807, 2.05) is 0 Å². The molecule has 0 aliphatic carbocycles. The maximum atomic E-state index is 11.8. The minimum atomic E-state index is -0.00756. The van der Waals surface area contributed by atoms with Crippen LogP contribution in [-0.2, 0) is 4.79 Å². The van der Waals surface area contributed by atoms with E-state index in [1.54, 1.807) is 19.0 Å². The molecule has 2 atom stereocenters. The van der Waals surface area contributed by atoms with Gasteiger partial charge in [0, 0.05) is 26.7 Å². The van der Waals surface area contributed by atoms with Crippen LogP contribution in [0.5, 0.6) is 0 Å². The van der Waals surface area contributed by atoms with Gasteiger partial charge in [0.05, 0.1) is 0 Å². The second kappa shape index (κ2) is 12.1. The number of carbonyl (C=O) groups excluding carboxylic acids is 1. The first-order chi connectivity index (χ1) is 11.3. The first kappa shape index (κ1) is 23.7. The molecule has 0 aromatic heterocycles. The van der Waals surface area contributed by atoms with E-state index in [-0.39, 0.29) is 36.4 Å². The van der Waals surface area contributed by atoms with Gasteiger partial charge in [0.15, 0.2) is 5.96 Å². The maximum absolute atomic E-state index is 11.8. The number of hydrogen-bond acceptors (Lipinski definition) is 2. The van der Waals surface area contributed by atoms with Gasteiger partial charge in [0.1, 0.15) is 6.54 Å². The molecule has 0 aliphatic heterocycles. The summed E-state index contributed by atoms with van der Waals surface area (Å²) >= 11 is 0. The molecule has 142 valence electrons. The lowest BCUT2D eigenvalue weighted by molar-refractivity contribution is -0.127. The third-order valence-corrected chi connectivity index (χ3v) is 4.09. The van der Waals surface area contributed by atoms with Gasteiger partial charge < -0.3 is 15.5 Å². The highest BCUT2D eigenvalue weighted by Gasteiger charge is 2.10. The Morgan fingerprint density at radius 2 is 1.80 bits per heavy atom. The summed E-state index contributed by atoms with van der Waals surface area (Å²) in [5, 5.41) is 6.71. The molecule has 0 saturated carbocycles. The predicted molar refractivity (Wildman–Crippen MR) is 117 cm³/mol. The molecule has 6 heteroatoms. The molecule has 0 heterocycles. The lowest BCUT2D eigenvalue weighted by Gasteiger charge is -2.20. The second-order valence-electron chi connectivity index (χ2n) is 6.60. The van der Waals surface area contributed by atoms with E-state index >= 15 is 0 Å². The van der Waals surface area contributed by atoms with Gasteiger partial charge in [0.2, 0.25) is 5.91 Å². The fourth-order valence-corrected chi connectivity index (χ4v) is 2.04. The van der Waals surface area contributed by atoms with Crippen molar-refractivity contribution in [2.24, 2.45) is 4.99 Å². The molecule has 0 bridgehead atoms. The number of aryl methyl sites for hydroxylation is 1. The molecule has 2 unspecified atom stereocenters. The summed E-state index contributed by atoms with van der Waals surface area (Å²) in [4.78, 5) is 17.7. The molecule has 0 fully saturated rings. The standard InChI is InChI=1S/C19H32N4O.HI/c1-7-16(4)22-19(21-13-18(24)23(5)6)20-12-15(3)17-10-8-14(2)9-11-17;/h8-11,15-16H,7,12-13H2,1-6H3,(H2,20,21,22);1H. The minimum absolute atomic E-state index is 0. The number of amides is 1. The SMILES string of the molecule is CCC(C)NC(=NCC(=O)N(C)C)NCC(C)c1ccc(C)cc1.I. The van der Waals surface area contributed by atoms with E-state index < -0.39 is 0 Å². The molecule has 5 nitrogen and oxygen atoms in total. The Kier molecular flexibility index (Phi) is 11.5. The van der Waals surface area contributed by atoms with E-state index in [9.17, 15) is 4.79 Å². The second-order valence-corrected chi connectivity index (χ2v) is 6.60. The number of carbonyl (C=O) groups is 1. The van der Waals surface area contributed by atoms with Crippen LogP contribution >= 0.6 is 24.0 Å². The van der Waals surface area contributed by atoms with Crippen molar-refractivity contribution in [3.63, 3.8) is 0 Å². The molecule has 2 N–H and O–H groups in total. The zero-order valence-corrected chi connectivity index (χ0v) is 18.6. The van der Waals surface area contributed by atoms with Gasteiger partial charge in [-0.25, -0.2) is 4.99 Å². The number of rotatable bonds is 7. The van der Waals surface area contributed by atoms with Crippen LogP contribution in [0.4, 0.5) is 0 Å². The largest absolute Gasteiger partial charge is 0.356 e. The highest BCUT2D eigenvalue weighted by molar-refractivity contribution is 14.0. The third-order valence-electron chi connectivity index (χ3n) is 4.09. The number of aliphatic imine (C=N–C) groups is 1. The third kappa shape index (κ3) is 9.09. The lowest BCUT2D eigenvalue weighted by Crippen LogP contribution is -2.44. The number of benzene rings is 1.